The molecule has 0 saturated carbocycles. The summed E-state index contributed by atoms with van der Waals surface area (Å²) < 4.78 is 0. The summed E-state index contributed by atoms with van der Waals surface area (Å²) in [7, 11) is 0. The van der Waals surface area contributed by atoms with Gasteiger partial charge in [0.1, 0.15) is 16.7 Å². The highest BCUT2D eigenvalue weighted by molar-refractivity contribution is 6.30. The first kappa shape index (κ1) is 11.6. The summed E-state index contributed by atoms with van der Waals surface area (Å²) in [6, 6.07) is 0. The van der Waals surface area contributed by atoms with Gasteiger partial charge in [-0.1, -0.05) is 31.0 Å². The van der Waals surface area contributed by atoms with Gasteiger partial charge >= 0.3 is 0 Å². The van der Waals surface area contributed by atoms with E-state index in [1.807, 2.05) is 12.2 Å². The van der Waals surface area contributed by atoms with E-state index >= 15 is 0 Å². The number of aromatic amines is 1. The summed E-state index contributed by atoms with van der Waals surface area (Å²) in [4.78, 5) is 7.40. The molecule has 1 heterocycles. The zero-order valence-electron chi connectivity index (χ0n) is 8.19. The Balaban J connectivity index is 2.67. The van der Waals surface area contributed by atoms with Crippen molar-refractivity contribution in [1.82, 2.24) is 9.97 Å². The summed E-state index contributed by atoms with van der Waals surface area (Å²) >= 11 is 11.5. The number of imidazole rings is 1. The van der Waals surface area contributed by atoms with Gasteiger partial charge in [0.15, 0.2) is 0 Å². The van der Waals surface area contributed by atoms with Crippen LogP contribution in [0.5, 0.6) is 0 Å². The molecule has 78 valence electrons. The van der Waals surface area contributed by atoms with Crippen molar-refractivity contribution in [1.29, 1.82) is 0 Å². The van der Waals surface area contributed by atoms with Crippen LogP contribution in [0, 0.1) is 0 Å². The second-order valence-corrected chi connectivity index (χ2v) is 3.73. The third-order valence-electron chi connectivity index (χ3n) is 1.87. The van der Waals surface area contributed by atoms with Crippen molar-refractivity contribution in [2.75, 3.05) is 5.88 Å². The molecule has 0 spiro atoms. The quantitative estimate of drug-likeness (QED) is 0.772. The average Bonchev–Trinajstić information content (AvgIpc) is 2.53. The number of allylic oxidation sites excluding steroid dienone is 1. The number of H-pyrrole nitrogens is 1. The Bertz CT molecular complexity index is 305. The molecule has 14 heavy (non-hydrogen) atoms. The Labute approximate surface area is 94.3 Å². The molecule has 0 aliphatic rings. The second kappa shape index (κ2) is 6.10. The van der Waals surface area contributed by atoms with E-state index in [1.54, 1.807) is 0 Å². The van der Waals surface area contributed by atoms with Crippen LogP contribution in [0.4, 0.5) is 0 Å². The fourth-order valence-electron chi connectivity index (χ4n) is 1.14. The zero-order chi connectivity index (χ0) is 10.4. The van der Waals surface area contributed by atoms with Gasteiger partial charge in [0.05, 0.1) is 0 Å². The normalized spacial score (nSPS) is 11.4. The van der Waals surface area contributed by atoms with Gasteiger partial charge in [-0.3, -0.25) is 0 Å². The van der Waals surface area contributed by atoms with E-state index < -0.39 is 0 Å². The largest absolute Gasteiger partial charge is 0.333 e. The highest BCUT2D eigenvalue weighted by atomic mass is 35.5. The minimum Gasteiger partial charge on any atom is -0.333 e. The number of hydrogen-bond acceptors (Lipinski definition) is 1. The van der Waals surface area contributed by atoms with Crippen molar-refractivity contribution in [2.24, 2.45) is 0 Å². The van der Waals surface area contributed by atoms with Gasteiger partial charge in [0.25, 0.3) is 0 Å². The van der Waals surface area contributed by atoms with E-state index in [-0.39, 0.29) is 0 Å². The first-order valence-corrected chi connectivity index (χ1v) is 5.66. The van der Waals surface area contributed by atoms with Crippen molar-refractivity contribution in [2.45, 2.75) is 26.2 Å². The molecule has 1 N–H and O–H groups in total. The van der Waals surface area contributed by atoms with Crippen LogP contribution < -0.4 is 0 Å². The topological polar surface area (TPSA) is 28.7 Å². The average molecular weight is 233 g/mol. The lowest BCUT2D eigenvalue weighted by molar-refractivity contribution is 0.762. The number of alkyl halides is 1. The minimum atomic E-state index is 0.480. The number of aromatic nitrogens is 2. The van der Waals surface area contributed by atoms with E-state index in [9.17, 15) is 0 Å². The molecule has 2 nitrogen and oxygen atoms in total. The van der Waals surface area contributed by atoms with Crippen LogP contribution in [0.15, 0.2) is 6.08 Å². The number of unbranched alkanes of at least 4 members (excludes halogenated alkanes) is 1. The van der Waals surface area contributed by atoms with Crippen LogP contribution in [0.1, 0.15) is 31.3 Å². The molecular formula is C10H14Cl2N2. The fraction of sp³-hybridized carbons (Fsp3) is 0.500. The number of hydrogen-bond donors (Lipinski definition) is 1. The molecule has 1 aromatic heterocycles. The van der Waals surface area contributed by atoms with Gasteiger partial charge < -0.3 is 4.98 Å². The van der Waals surface area contributed by atoms with Crippen molar-refractivity contribution >= 4 is 29.3 Å². The van der Waals surface area contributed by atoms with Gasteiger partial charge in [-0.15, -0.1) is 11.6 Å². The molecular weight excluding hydrogens is 219 g/mol. The van der Waals surface area contributed by atoms with Crippen LogP contribution in [-0.2, 0) is 6.42 Å². The molecule has 0 fully saturated rings. The molecule has 0 aromatic carbocycles. The van der Waals surface area contributed by atoms with Crippen molar-refractivity contribution in [3.05, 3.63) is 22.7 Å². The first-order valence-electron chi connectivity index (χ1n) is 4.74. The predicted octanol–water partition coefficient (Wildman–Crippen LogP) is 3.66. The van der Waals surface area contributed by atoms with Crippen molar-refractivity contribution < 1.29 is 0 Å². The lowest BCUT2D eigenvalue weighted by Crippen LogP contribution is -1.86. The lowest BCUT2D eigenvalue weighted by atomic mass is 10.2. The van der Waals surface area contributed by atoms with Crippen LogP contribution in [-0.4, -0.2) is 15.8 Å². The van der Waals surface area contributed by atoms with Crippen molar-refractivity contribution in [3.63, 3.8) is 0 Å². The smallest absolute Gasteiger partial charge is 0.133 e. The van der Waals surface area contributed by atoms with E-state index in [4.69, 9.17) is 23.2 Å². The maximum atomic E-state index is 5.95. The Morgan fingerprint density at radius 3 is 2.93 bits per heavy atom. The molecule has 0 bridgehead atoms. The third-order valence-corrected chi connectivity index (χ3v) is 2.33. The number of aryl methyl sites for hydroxylation is 1. The molecule has 0 aliphatic carbocycles. The molecule has 0 amide bonds. The van der Waals surface area contributed by atoms with Gasteiger partial charge in [-0.2, -0.15) is 0 Å². The van der Waals surface area contributed by atoms with E-state index in [0.717, 1.165) is 30.8 Å². The summed E-state index contributed by atoms with van der Waals surface area (Å²) in [5.41, 5.74) is 0.776. The number of halogens is 2. The highest BCUT2D eigenvalue weighted by Crippen LogP contribution is 2.15. The Morgan fingerprint density at radius 1 is 1.50 bits per heavy atom. The molecule has 0 atom stereocenters. The van der Waals surface area contributed by atoms with Gasteiger partial charge in [-0.25, -0.2) is 4.98 Å². The summed E-state index contributed by atoms with van der Waals surface area (Å²) in [5.74, 6) is 1.43. The van der Waals surface area contributed by atoms with Crippen LogP contribution in [0.2, 0.25) is 5.15 Å². The molecule has 4 heteroatoms. The maximum absolute atomic E-state index is 5.95. The molecule has 1 aromatic rings. The molecule has 0 unspecified atom stereocenters. The first-order chi connectivity index (χ1) is 6.77. The van der Waals surface area contributed by atoms with Crippen molar-refractivity contribution in [3.8, 4) is 0 Å². The summed E-state index contributed by atoms with van der Waals surface area (Å²) in [6.45, 7) is 2.15. The SMILES string of the molecule is CCCCc1nc(C=CCCl)c(Cl)[nH]1. The zero-order valence-corrected chi connectivity index (χ0v) is 9.70. The maximum Gasteiger partial charge on any atom is 0.133 e. The van der Waals surface area contributed by atoms with Gasteiger partial charge in [0.2, 0.25) is 0 Å². The fourth-order valence-corrected chi connectivity index (χ4v) is 1.45. The predicted molar refractivity (Wildman–Crippen MR) is 62.0 cm³/mol. The number of nitrogens with one attached hydrogen (secondary N) is 1. The van der Waals surface area contributed by atoms with E-state index in [2.05, 4.69) is 16.9 Å². The third kappa shape index (κ3) is 3.35. The van der Waals surface area contributed by atoms with Crippen LogP contribution in [0.3, 0.4) is 0 Å². The van der Waals surface area contributed by atoms with Crippen LogP contribution in [0.25, 0.3) is 6.08 Å². The van der Waals surface area contributed by atoms with Gasteiger partial charge in [0, 0.05) is 12.3 Å². The monoisotopic (exact) mass is 232 g/mol. The summed E-state index contributed by atoms with van der Waals surface area (Å²) in [5, 5.41) is 0.595. The standard InChI is InChI=1S/C10H14Cl2N2/c1-2-3-6-9-13-8(5-4-7-11)10(12)14-9/h4-5H,2-3,6-7H2,1H3,(H,13,14). The van der Waals surface area contributed by atoms with E-state index in [1.165, 1.54) is 0 Å². The Hall–Kier alpha value is -0.470. The molecule has 0 saturated heterocycles. The molecule has 1 rings (SSSR count). The summed E-state index contributed by atoms with van der Waals surface area (Å²) in [6.07, 6.45) is 6.90. The lowest BCUT2D eigenvalue weighted by Gasteiger charge is -1.90. The Kier molecular flexibility index (Phi) is 5.05. The Morgan fingerprint density at radius 2 is 2.29 bits per heavy atom. The van der Waals surface area contributed by atoms with Crippen LogP contribution >= 0.6 is 23.2 Å². The molecule has 0 aliphatic heterocycles. The highest BCUT2D eigenvalue weighted by Gasteiger charge is 2.04. The number of rotatable bonds is 5. The second-order valence-electron chi connectivity index (χ2n) is 3.04. The molecule has 0 radical (unpaired) electrons. The minimum absolute atomic E-state index is 0.480. The van der Waals surface area contributed by atoms with Gasteiger partial charge in [-0.05, 0) is 12.5 Å². The number of nitrogens with zero attached hydrogens (tertiary/aromatic N) is 1. The van der Waals surface area contributed by atoms with E-state index in [0.29, 0.717) is 11.0 Å².